The second kappa shape index (κ2) is 3.62. The maximum Gasteiger partial charge on any atom is 0.125 e. The largest absolute Gasteiger partial charge is 0.363 e. The Bertz CT molecular complexity index is 513. The van der Waals surface area contributed by atoms with E-state index in [1.165, 1.54) is 5.56 Å². The van der Waals surface area contributed by atoms with Crippen LogP contribution in [0.4, 0.5) is 5.82 Å². The monoisotopic (exact) mass is 227 g/mol. The molecule has 88 valence electrons. The van der Waals surface area contributed by atoms with E-state index in [1.54, 1.807) is 0 Å². The zero-order valence-electron chi connectivity index (χ0n) is 10.2. The van der Waals surface area contributed by atoms with Crippen LogP contribution in [0, 0.1) is 0 Å². The predicted molar refractivity (Wildman–Crippen MR) is 69.0 cm³/mol. The number of hydrogen-bond donors (Lipinski definition) is 1. The Balaban J connectivity index is 1.98. The van der Waals surface area contributed by atoms with Crippen molar-refractivity contribution in [3.63, 3.8) is 0 Å². The Morgan fingerprint density at radius 3 is 2.76 bits per heavy atom. The molecular formula is C14H17N3. The average molecular weight is 227 g/mol. The summed E-state index contributed by atoms with van der Waals surface area (Å²) in [5.41, 5.74) is 1.40. The lowest BCUT2D eigenvalue weighted by atomic mass is 9.89. The topological polar surface area (TPSA) is 29.9 Å². The Kier molecular flexibility index (Phi) is 2.21. The van der Waals surface area contributed by atoms with Gasteiger partial charge in [0.25, 0.3) is 0 Å². The fourth-order valence-electron chi connectivity index (χ4n) is 2.60. The molecular weight excluding hydrogens is 210 g/mol. The van der Waals surface area contributed by atoms with E-state index in [2.05, 4.69) is 59.3 Å². The van der Waals surface area contributed by atoms with Crippen LogP contribution in [0.3, 0.4) is 0 Å². The van der Waals surface area contributed by atoms with Gasteiger partial charge in [-0.2, -0.15) is 5.10 Å². The minimum absolute atomic E-state index is 0.0601. The Morgan fingerprint density at radius 2 is 2.00 bits per heavy atom. The quantitative estimate of drug-likeness (QED) is 0.811. The summed E-state index contributed by atoms with van der Waals surface area (Å²) in [5.74, 6) is 1.11. The number of nitrogens with zero attached hydrogens (tertiary/aromatic N) is 2. The number of fused-ring (bicyclic) bond motifs is 1. The van der Waals surface area contributed by atoms with Crippen LogP contribution >= 0.6 is 0 Å². The van der Waals surface area contributed by atoms with Gasteiger partial charge in [0.15, 0.2) is 0 Å². The molecule has 0 saturated carbocycles. The van der Waals surface area contributed by atoms with Crippen molar-refractivity contribution in [3.05, 3.63) is 48.2 Å². The summed E-state index contributed by atoms with van der Waals surface area (Å²) in [4.78, 5) is 0. The summed E-state index contributed by atoms with van der Waals surface area (Å²) < 4.78 is 2.08. The zero-order chi connectivity index (χ0) is 11.9. The number of rotatable bonds is 1. The van der Waals surface area contributed by atoms with Crippen LogP contribution in [-0.4, -0.2) is 9.78 Å². The van der Waals surface area contributed by atoms with Crippen molar-refractivity contribution in [2.45, 2.75) is 31.8 Å². The molecule has 0 spiro atoms. The standard InChI is InChI=1S/C14H17N3/c1-14(2)10-12(11-6-4-3-5-7-11)16-13-8-9-15-17(13)14/h3-9,12,16H,10H2,1-2H3. The number of nitrogens with one attached hydrogen (secondary N) is 1. The first-order valence-corrected chi connectivity index (χ1v) is 6.03. The van der Waals surface area contributed by atoms with E-state index in [0.29, 0.717) is 6.04 Å². The van der Waals surface area contributed by atoms with Gasteiger partial charge in [0.1, 0.15) is 5.82 Å². The Hall–Kier alpha value is -1.77. The Labute approximate surface area is 101 Å². The molecule has 0 fully saturated rings. The first kappa shape index (κ1) is 10.4. The van der Waals surface area contributed by atoms with Gasteiger partial charge in [0.2, 0.25) is 0 Å². The maximum absolute atomic E-state index is 4.39. The number of hydrogen-bond acceptors (Lipinski definition) is 2. The molecule has 1 aliphatic heterocycles. The van der Waals surface area contributed by atoms with Crippen LogP contribution in [0.15, 0.2) is 42.6 Å². The van der Waals surface area contributed by atoms with Gasteiger partial charge in [-0.25, -0.2) is 4.68 Å². The molecule has 0 bridgehead atoms. The van der Waals surface area contributed by atoms with Crippen molar-refractivity contribution < 1.29 is 0 Å². The van der Waals surface area contributed by atoms with Crippen LogP contribution in [0.1, 0.15) is 31.9 Å². The summed E-state index contributed by atoms with van der Waals surface area (Å²) in [6, 6.07) is 13.0. The number of aromatic nitrogens is 2. The third-order valence-corrected chi connectivity index (χ3v) is 3.44. The highest BCUT2D eigenvalue weighted by molar-refractivity contribution is 5.42. The van der Waals surface area contributed by atoms with Crippen LogP contribution in [0.5, 0.6) is 0 Å². The predicted octanol–water partition coefficient (Wildman–Crippen LogP) is 3.18. The molecule has 1 aromatic carbocycles. The summed E-state index contributed by atoms with van der Waals surface area (Å²) in [5, 5.41) is 7.94. The zero-order valence-corrected chi connectivity index (χ0v) is 10.2. The SMILES string of the molecule is CC1(C)CC(c2ccccc2)Nc2ccnn21. The Morgan fingerprint density at radius 1 is 1.24 bits per heavy atom. The van der Waals surface area contributed by atoms with Crippen LogP contribution in [-0.2, 0) is 5.54 Å². The second-order valence-electron chi connectivity index (χ2n) is 5.25. The van der Waals surface area contributed by atoms with Crippen LogP contribution < -0.4 is 5.32 Å². The summed E-state index contributed by atoms with van der Waals surface area (Å²) in [7, 11) is 0. The summed E-state index contributed by atoms with van der Waals surface area (Å²) in [6.07, 6.45) is 2.91. The third kappa shape index (κ3) is 1.71. The lowest BCUT2D eigenvalue weighted by Gasteiger charge is -2.38. The average Bonchev–Trinajstić information content (AvgIpc) is 2.78. The normalized spacial score (nSPS) is 21.6. The van der Waals surface area contributed by atoms with Gasteiger partial charge in [0.05, 0.1) is 17.8 Å². The highest BCUT2D eigenvalue weighted by atomic mass is 15.4. The molecule has 2 aromatic rings. The molecule has 1 aromatic heterocycles. The lowest BCUT2D eigenvalue weighted by Crippen LogP contribution is -2.37. The van der Waals surface area contributed by atoms with Gasteiger partial charge in [-0.15, -0.1) is 0 Å². The molecule has 0 aliphatic carbocycles. The summed E-state index contributed by atoms with van der Waals surface area (Å²) >= 11 is 0. The van der Waals surface area contributed by atoms with E-state index in [0.717, 1.165) is 12.2 Å². The lowest BCUT2D eigenvalue weighted by molar-refractivity contribution is 0.263. The minimum atomic E-state index is 0.0601. The van der Waals surface area contributed by atoms with Crippen LogP contribution in [0.2, 0.25) is 0 Å². The van der Waals surface area contributed by atoms with Gasteiger partial charge in [0, 0.05) is 6.07 Å². The van der Waals surface area contributed by atoms with Crippen LogP contribution in [0.25, 0.3) is 0 Å². The fraction of sp³-hybridized carbons (Fsp3) is 0.357. The highest BCUT2D eigenvalue weighted by Gasteiger charge is 2.33. The molecule has 1 aliphatic rings. The molecule has 1 atom stereocenters. The molecule has 3 rings (SSSR count). The molecule has 3 nitrogen and oxygen atoms in total. The first-order chi connectivity index (χ1) is 8.17. The van der Waals surface area contributed by atoms with Crippen molar-refractivity contribution >= 4 is 5.82 Å². The van der Waals surface area contributed by atoms with Crippen molar-refractivity contribution in [2.24, 2.45) is 0 Å². The minimum Gasteiger partial charge on any atom is -0.363 e. The van der Waals surface area contributed by atoms with E-state index < -0.39 is 0 Å². The number of anilines is 1. The van der Waals surface area contributed by atoms with Gasteiger partial charge in [-0.1, -0.05) is 30.3 Å². The van der Waals surface area contributed by atoms with Gasteiger partial charge < -0.3 is 5.32 Å². The second-order valence-corrected chi connectivity index (χ2v) is 5.25. The molecule has 1 unspecified atom stereocenters. The van der Waals surface area contributed by atoms with E-state index in [9.17, 15) is 0 Å². The third-order valence-electron chi connectivity index (χ3n) is 3.44. The first-order valence-electron chi connectivity index (χ1n) is 6.03. The van der Waals surface area contributed by atoms with Crippen molar-refractivity contribution in [3.8, 4) is 0 Å². The molecule has 0 saturated heterocycles. The van der Waals surface area contributed by atoms with E-state index in [4.69, 9.17) is 0 Å². The molecule has 0 amide bonds. The van der Waals surface area contributed by atoms with Gasteiger partial charge >= 0.3 is 0 Å². The van der Waals surface area contributed by atoms with Crippen molar-refractivity contribution in [1.82, 2.24) is 9.78 Å². The molecule has 17 heavy (non-hydrogen) atoms. The van der Waals surface area contributed by atoms with E-state index in [-0.39, 0.29) is 5.54 Å². The van der Waals surface area contributed by atoms with Crippen molar-refractivity contribution in [2.75, 3.05) is 5.32 Å². The molecule has 1 N–H and O–H groups in total. The fourth-order valence-corrected chi connectivity index (χ4v) is 2.60. The molecule has 2 heterocycles. The van der Waals surface area contributed by atoms with E-state index >= 15 is 0 Å². The highest BCUT2D eigenvalue weighted by Crippen LogP contribution is 2.37. The molecule has 3 heteroatoms. The molecule has 0 radical (unpaired) electrons. The van der Waals surface area contributed by atoms with Crippen molar-refractivity contribution in [1.29, 1.82) is 0 Å². The van der Waals surface area contributed by atoms with E-state index in [1.807, 2.05) is 12.3 Å². The van der Waals surface area contributed by atoms with Gasteiger partial charge in [-0.3, -0.25) is 0 Å². The number of benzene rings is 1. The maximum atomic E-state index is 4.39. The smallest absolute Gasteiger partial charge is 0.125 e. The summed E-state index contributed by atoms with van der Waals surface area (Å²) in [6.45, 7) is 4.47. The van der Waals surface area contributed by atoms with Gasteiger partial charge in [-0.05, 0) is 25.8 Å².